The van der Waals surface area contributed by atoms with Crippen LogP contribution in [0.1, 0.15) is 53.3 Å². The SMILES string of the molecule is Cc1ccc(-c2noc(C3CC(=O)N(c4cccc5c4CCCC5)C3)n2)c(C)c1. The zero-order valence-corrected chi connectivity index (χ0v) is 16.9. The Hall–Kier alpha value is -2.95. The van der Waals surface area contributed by atoms with Crippen molar-refractivity contribution >= 4 is 11.6 Å². The predicted molar refractivity (Wildman–Crippen MR) is 112 cm³/mol. The molecule has 0 spiro atoms. The second kappa shape index (κ2) is 7.14. The highest BCUT2D eigenvalue weighted by Gasteiger charge is 2.36. The summed E-state index contributed by atoms with van der Waals surface area (Å²) in [6, 6.07) is 12.6. The molecule has 2 heterocycles. The Morgan fingerprint density at radius 1 is 1.10 bits per heavy atom. The number of benzene rings is 2. The van der Waals surface area contributed by atoms with Crippen LogP contribution in [-0.4, -0.2) is 22.6 Å². The maximum absolute atomic E-state index is 12.8. The van der Waals surface area contributed by atoms with E-state index in [1.807, 2.05) is 11.0 Å². The van der Waals surface area contributed by atoms with E-state index in [0.717, 1.165) is 29.7 Å². The number of hydrogen-bond donors (Lipinski definition) is 0. The molecule has 1 amide bonds. The third-order valence-corrected chi connectivity index (χ3v) is 6.20. The molecule has 5 heteroatoms. The van der Waals surface area contributed by atoms with Crippen molar-refractivity contribution in [3.05, 3.63) is 64.5 Å². The Bertz CT molecular complexity index is 1090. The first kappa shape index (κ1) is 18.1. The van der Waals surface area contributed by atoms with Crippen LogP contribution >= 0.6 is 0 Å². The fourth-order valence-corrected chi connectivity index (χ4v) is 4.69. The molecule has 0 N–H and O–H groups in total. The van der Waals surface area contributed by atoms with Crippen LogP contribution in [0.25, 0.3) is 11.4 Å². The van der Waals surface area contributed by atoms with Gasteiger partial charge in [-0.05, 0) is 62.3 Å². The molecular weight excluding hydrogens is 362 g/mol. The molecule has 0 radical (unpaired) electrons. The first-order valence-corrected chi connectivity index (χ1v) is 10.4. The van der Waals surface area contributed by atoms with Gasteiger partial charge in [0.1, 0.15) is 0 Å². The van der Waals surface area contributed by atoms with Gasteiger partial charge in [-0.3, -0.25) is 4.79 Å². The van der Waals surface area contributed by atoms with E-state index in [4.69, 9.17) is 4.52 Å². The van der Waals surface area contributed by atoms with Crippen LogP contribution in [-0.2, 0) is 17.6 Å². The molecule has 1 aromatic heterocycles. The topological polar surface area (TPSA) is 59.2 Å². The molecular formula is C24H25N3O2. The minimum Gasteiger partial charge on any atom is -0.339 e. The number of carbonyl (C=O) groups excluding carboxylic acids is 1. The van der Waals surface area contributed by atoms with Crippen LogP contribution in [0.4, 0.5) is 5.69 Å². The first-order valence-electron chi connectivity index (χ1n) is 10.4. The van der Waals surface area contributed by atoms with E-state index >= 15 is 0 Å². The van der Waals surface area contributed by atoms with Crippen LogP contribution in [0.15, 0.2) is 40.9 Å². The van der Waals surface area contributed by atoms with Gasteiger partial charge in [0.25, 0.3) is 0 Å². The van der Waals surface area contributed by atoms with Gasteiger partial charge in [-0.2, -0.15) is 4.98 Å². The summed E-state index contributed by atoms with van der Waals surface area (Å²) in [5, 5.41) is 4.20. The van der Waals surface area contributed by atoms with Gasteiger partial charge in [0, 0.05) is 24.2 Å². The number of hydrogen-bond acceptors (Lipinski definition) is 4. The van der Waals surface area contributed by atoms with Crippen molar-refractivity contribution < 1.29 is 9.32 Å². The molecule has 1 saturated heterocycles. The molecule has 1 unspecified atom stereocenters. The van der Waals surface area contributed by atoms with Crippen molar-refractivity contribution in [2.24, 2.45) is 0 Å². The summed E-state index contributed by atoms with van der Waals surface area (Å²) >= 11 is 0. The van der Waals surface area contributed by atoms with Crippen molar-refractivity contribution in [1.82, 2.24) is 10.1 Å². The van der Waals surface area contributed by atoms with E-state index in [9.17, 15) is 4.79 Å². The van der Waals surface area contributed by atoms with E-state index in [0.29, 0.717) is 24.7 Å². The molecule has 3 aromatic rings. The smallest absolute Gasteiger partial charge is 0.232 e. The highest BCUT2D eigenvalue weighted by molar-refractivity contribution is 5.97. The number of fused-ring (bicyclic) bond motifs is 1. The number of carbonyl (C=O) groups is 1. The molecule has 1 aliphatic carbocycles. The Morgan fingerprint density at radius 2 is 1.97 bits per heavy atom. The first-order chi connectivity index (χ1) is 14.1. The molecule has 2 aliphatic rings. The molecule has 1 atom stereocenters. The molecule has 0 saturated carbocycles. The van der Waals surface area contributed by atoms with Crippen LogP contribution in [0.3, 0.4) is 0 Å². The number of nitrogens with zero attached hydrogens (tertiary/aromatic N) is 3. The molecule has 1 fully saturated rings. The quantitative estimate of drug-likeness (QED) is 0.650. The Balaban J connectivity index is 1.41. The Labute approximate surface area is 170 Å². The highest BCUT2D eigenvalue weighted by Crippen LogP contribution is 2.37. The highest BCUT2D eigenvalue weighted by atomic mass is 16.5. The zero-order chi connectivity index (χ0) is 20.0. The molecule has 1 aliphatic heterocycles. The molecule has 2 aromatic carbocycles. The standard InChI is InChI=1S/C24H25N3O2/c1-15-10-11-19(16(2)12-15)23-25-24(29-26-23)18-13-22(28)27(14-18)21-9-5-7-17-6-3-4-8-20(17)21/h5,7,9-12,18H,3-4,6,8,13-14H2,1-2H3. The monoisotopic (exact) mass is 387 g/mol. The number of aromatic nitrogens is 2. The summed E-state index contributed by atoms with van der Waals surface area (Å²) in [6.07, 6.45) is 5.00. The van der Waals surface area contributed by atoms with Crippen LogP contribution in [0.2, 0.25) is 0 Å². The van der Waals surface area contributed by atoms with Gasteiger partial charge in [0.05, 0.1) is 5.92 Å². The van der Waals surface area contributed by atoms with E-state index < -0.39 is 0 Å². The summed E-state index contributed by atoms with van der Waals surface area (Å²) in [5.41, 5.74) is 7.11. The molecule has 29 heavy (non-hydrogen) atoms. The number of aryl methyl sites for hydroxylation is 3. The minimum absolute atomic E-state index is 0.0612. The van der Waals surface area contributed by atoms with Crippen LogP contribution < -0.4 is 4.90 Å². The van der Waals surface area contributed by atoms with Crippen molar-refractivity contribution in [1.29, 1.82) is 0 Å². The zero-order valence-electron chi connectivity index (χ0n) is 16.9. The molecule has 0 bridgehead atoms. The van der Waals surface area contributed by atoms with E-state index in [1.165, 1.54) is 29.5 Å². The maximum Gasteiger partial charge on any atom is 0.232 e. The van der Waals surface area contributed by atoms with Gasteiger partial charge in [-0.15, -0.1) is 0 Å². The van der Waals surface area contributed by atoms with Crippen molar-refractivity contribution in [3.8, 4) is 11.4 Å². The van der Waals surface area contributed by atoms with Crippen LogP contribution in [0, 0.1) is 13.8 Å². The minimum atomic E-state index is -0.0612. The summed E-state index contributed by atoms with van der Waals surface area (Å²) in [5.74, 6) is 1.23. The average molecular weight is 387 g/mol. The van der Waals surface area contributed by atoms with E-state index in [2.05, 4.69) is 54.3 Å². The van der Waals surface area contributed by atoms with Gasteiger partial charge < -0.3 is 9.42 Å². The maximum atomic E-state index is 12.8. The van der Waals surface area contributed by atoms with Crippen molar-refractivity contribution in [2.75, 3.05) is 11.4 Å². The van der Waals surface area contributed by atoms with Crippen molar-refractivity contribution in [2.45, 2.75) is 51.9 Å². The summed E-state index contributed by atoms with van der Waals surface area (Å²) in [7, 11) is 0. The van der Waals surface area contributed by atoms with Crippen LogP contribution in [0.5, 0.6) is 0 Å². The Morgan fingerprint density at radius 3 is 2.83 bits per heavy atom. The van der Waals surface area contributed by atoms with Gasteiger partial charge in [-0.25, -0.2) is 0 Å². The molecule has 5 nitrogen and oxygen atoms in total. The third kappa shape index (κ3) is 3.24. The summed E-state index contributed by atoms with van der Waals surface area (Å²) < 4.78 is 5.59. The lowest BCUT2D eigenvalue weighted by Crippen LogP contribution is -2.26. The number of amides is 1. The van der Waals surface area contributed by atoms with E-state index in [1.54, 1.807) is 0 Å². The van der Waals surface area contributed by atoms with E-state index in [-0.39, 0.29) is 11.8 Å². The summed E-state index contributed by atoms with van der Waals surface area (Å²) in [6.45, 7) is 4.72. The fourth-order valence-electron chi connectivity index (χ4n) is 4.69. The van der Waals surface area contributed by atoms with Gasteiger partial charge in [0.15, 0.2) is 0 Å². The lowest BCUT2D eigenvalue weighted by atomic mass is 9.90. The Kier molecular flexibility index (Phi) is 4.46. The molecule has 148 valence electrons. The molecule has 5 rings (SSSR count). The number of anilines is 1. The largest absolute Gasteiger partial charge is 0.339 e. The van der Waals surface area contributed by atoms with Gasteiger partial charge in [-0.1, -0.05) is 41.1 Å². The third-order valence-electron chi connectivity index (χ3n) is 6.20. The second-order valence-electron chi connectivity index (χ2n) is 8.30. The second-order valence-corrected chi connectivity index (χ2v) is 8.30. The number of rotatable bonds is 3. The normalized spacial score (nSPS) is 18.9. The predicted octanol–water partition coefficient (Wildman–Crippen LogP) is 4.75. The average Bonchev–Trinajstić information content (AvgIpc) is 3.34. The van der Waals surface area contributed by atoms with Gasteiger partial charge in [0.2, 0.25) is 17.6 Å². The lowest BCUT2D eigenvalue weighted by molar-refractivity contribution is -0.117. The fraction of sp³-hybridized carbons (Fsp3) is 0.375. The van der Waals surface area contributed by atoms with Crippen molar-refractivity contribution in [3.63, 3.8) is 0 Å². The van der Waals surface area contributed by atoms with Gasteiger partial charge >= 0.3 is 0 Å². The lowest BCUT2D eigenvalue weighted by Gasteiger charge is -2.25. The summed E-state index contributed by atoms with van der Waals surface area (Å²) in [4.78, 5) is 19.4.